The molecule has 1 aliphatic rings. The minimum Gasteiger partial charge on any atom is -0.379 e. The molecule has 19 heavy (non-hydrogen) atoms. The molecule has 1 amide bonds. The van der Waals surface area contributed by atoms with Crippen LogP contribution in [0.4, 0.5) is 5.69 Å². The Morgan fingerprint density at radius 3 is 2.47 bits per heavy atom. The van der Waals surface area contributed by atoms with Crippen molar-refractivity contribution in [3.05, 3.63) is 28.2 Å². The average molecular weight is 303 g/mol. The fourth-order valence-electron chi connectivity index (χ4n) is 1.98. The van der Waals surface area contributed by atoms with Gasteiger partial charge >= 0.3 is 0 Å². The molecule has 0 unspecified atom stereocenters. The molecule has 0 bridgehead atoms. The van der Waals surface area contributed by atoms with Gasteiger partial charge in [0.1, 0.15) is 0 Å². The summed E-state index contributed by atoms with van der Waals surface area (Å²) in [6, 6.07) is 4.90. The van der Waals surface area contributed by atoms with E-state index in [0.717, 1.165) is 13.1 Å². The zero-order chi connectivity index (χ0) is 13.8. The highest BCUT2D eigenvalue weighted by molar-refractivity contribution is 6.39. The van der Waals surface area contributed by atoms with Crippen molar-refractivity contribution in [2.24, 2.45) is 0 Å². The summed E-state index contributed by atoms with van der Waals surface area (Å²) in [5.74, 6) is -0.114. The average Bonchev–Trinajstić information content (AvgIpc) is 2.43. The monoisotopic (exact) mass is 302 g/mol. The summed E-state index contributed by atoms with van der Waals surface area (Å²) in [6.45, 7) is 4.69. The van der Waals surface area contributed by atoms with Gasteiger partial charge in [-0.2, -0.15) is 0 Å². The van der Waals surface area contributed by atoms with E-state index < -0.39 is 0 Å². The molecule has 104 valence electrons. The molecule has 0 spiro atoms. The Morgan fingerprint density at radius 1 is 1.32 bits per heavy atom. The summed E-state index contributed by atoms with van der Waals surface area (Å²) in [5.41, 5.74) is 0.468. The molecule has 1 N–H and O–H groups in total. The number of rotatable bonds is 3. The number of nitrogens with zero attached hydrogens (tertiary/aromatic N) is 1. The highest BCUT2D eigenvalue weighted by atomic mass is 35.5. The minimum atomic E-state index is -0.240. The van der Waals surface area contributed by atoms with Crippen LogP contribution in [0.2, 0.25) is 10.0 Å². The van der Waals surface area contributed by atoms with Gasteiger partial charge in [0.05, 0.1) is 35.0 Å². The van der Waals surface area contributed by atoms with Crippen LogP contribution in [0.5, 0.6) is 0 Å². The number of benzene rings is 1. The lowest BCUT2D eigenvalue weighted by Crippen LogP contribution is -2.47. The second-order valence-electron chi connectivity index (χ2n) is 4.41. The van der Waals surface area contributed by atoms with Crippen molar-refractivity contribution in [2.75, 3.05) is 31.6 Å². The van der Waals surface area contributed by atoms with Gasteiger partial charge in [-0.3, -0.25) is 9.69 Å². The quantitative estimate of drug-likeness (QED) is 0.933. The number of halogens is 2. The third kappa shape index (κ3) is 3.60. The third-order valence-corrected chi connectivity index (χ3v) is 3.81. The van der Waals surface area contributed by atoms with Crippen molar-refractivity contribution >= 4 is 34.8 Å². The molecule has 1 aromatic carbocycles. The third-order valence-electron chi connectivity index (χ3n) is 3.18. The minimum absolute atomic E-state index is 0.114. The van der Waals surface area contributed by atoms with Crippen LogP contribution in [0.3, 0.4) is 0 Å². The molecular weight excluding hydrogens is 287 g/mol. The van der Waals surface area contributed by atoms with E-state index in [1.807, 2.05) is 6.92 Å². The molecule has 1 atom stereocenters. The Balaban J connectivity index is 2.04. The van der Waals surface area contributed by atoms with Gasteiger partial charge < -0.3 is 10.1 Å². The largest absolute Gasteiger partial charge is 0.379 e. The van der Waals surface area contributed by atoms with E-state index in [9.17, 15) is 4.79 Å². The van der Waals surface area contributed by atoms with E-state index in [2.05, 4.69) is 10.2 Å². The molecule has 0 radical (unpaired) electrons. The van der Waals surface area contributed by atoms with Crippen molar-refractivity contribution in [2.45, 2.75) is 13.0 Å². The summed E-state index contributed by atoms with van der Waals surface area (Å²) in [6.07, 6.45) is 0. The van der Waals surface area contributed by atoms with E-state index in [1.165, 1.54) is 0 Å². The van der Waals surface area contributed by atoms with E-state index in [4.69, 9.17) is 27.9 Å². The van der Waals surface area contributed by atoms with Crippen molar-refractivity contribution < 1.29 is 9.53 Å². The highest BCUT2D eigenvalue weighted by Gasteiger charge is 2.24. The number of ether oxygens (including phenoxy) is 1. The zero-order valence-electron chi connectivity index (χ0n) is 10.7. The van der Waals surface area contributed by atoms with Crippen molar-refractivity contribution in [3.63, 3.8) is 0 Å². The van der Waals surface area contributed by atoms with Crippen LogP contribution in [0.15, 0.2) is 18.2 Å². The zero-order valence-corrected chi connectivity index (χ0v) is 12.2. The number of nitrogens with one attached hydrogen (secondary N) is 1. The predicted octanol–water partition coefficient (Wildman–Crippen LogP) is 2.65. The highest BCUT2D eigenvalue weighted by Crippen LogP contribution is 2.30. The maximum absolute atomic E-state index is 12.2. The molecule has 0 aliphatic carbocycles. The smallest absolute Gasteiger partial charge is 0.241 e. The van der Waals surface area contributed by atoms with E-state index >= 15 is 0 Å². The number of anilines is 1. The van der Waals surface area contributed by atoms with Crippen LogP contribution in [0.25, 0.3) is 0 Å². The molecule has 1 aliphatic heterocycles. The number of hydrogen-bond acceptors (Lipinski definition) is 3. The van der Waals surface area contributed by atoms with Gasteiger partial charge in [-0.1, -0.05) is 29.3 Å². The van der Waals surface area contributed by atoms with Crippen LogP contribution >= 0.6 is 23.2 Å². The van der Waals surface area contributed by atoms with Crippen molar-refractivity contribution in [1.29, 1.82) is 0 Å². The SMILES string of the molecule is C[C@H](C(=O)Nc1c(Cl)cccc1Cl)N1CCOCC1. The number of carbonyl (C=O) groups is 1. The summed E-state index contributed by atoms with van der Waals surface area (Å²) in [7, 11) is 0. The van der Waals surface area contributed by atoms with E-state index in [1.54, 1.807) is 18.2 Å². The van der Waals surface area contributed by atoms with Gasteiger partial charge in [0.2, 0.25) is 5.91 Å². The van der Waals surface area contributed by atoms with Gasteiger partial charge in [-0.25, -0.2) is 0 Å². The first-order chi connectivity index (χ1) is 9.09. The van der Waals surface area contributed by atoms with E-state index in [0.29, 0.717) is 28.9 Å². The van der Waals surface area contributed by atoms with Gasteiger partial charge in [0.25, 0.3) is 0 Å². The molecule has 1 aromatic rings. The van der Waals surface area contributed by atoms with Crippen molar-refractivity contribution in [1.82, 2.24) is 4.90 Å². The lowest BCUT2D eigenvalue weighted by atomic mass is 10.2. The Bertz CT molecular complexity index is 442. The number of para-hydroxylation sites is 1. The van der Waals surface area contributed by atoms with Crippen LogP contribution in [0, 0.1) is 0 Å². The molecule has 1 fully saturated rings. The standard InChI is InChI=1S/C13H16Cl2N2O2/c1-9(17-5-7-19-8-6-17)13(18)16-12-10(14)3-2-4-11(12)15/h2-4,9H,5-8H2,1H3,(H,16,18)/t9-/m1/s1. The summed E-state index contributed by atoms with van der Waals surface area (Å²) < 4.78 is 5.27. The first-order valence-electron chi connectivity index (χ1n) is 6.16. The fraction of sp³-hybridized carbons (Fsp3) is 0.462. The Hall–Kier alpha value is -0.810. The first-order valence-corrected chi connectivity index (χ1v) is 6.92. The molecule has 0 saturated carbocycles. The molecule has 6 heteroatoms. The Morgan fingerprint density at radius 2 is 1.89 bits per heavy atom. The van der Waals surface area contributed by atoms with E-state index in [-0.39, 0.29) is 11.9 Å². The van der Waals surface area contributed by atoms with Crippen molar-refractivity contribution in [3.8, 4) is 0 Å². The molecule has 4 nitrogen and oxygen atoms in total. The van der Waals surface area contributed by atoms with Crippen LogP contribution < -0.4 is 5.32 Å². The second-order valence-corrected chi connectivity index (χ2v) is 5.22. The van der Waals surface area contributed by atoms with Gasteiger partial charge in [-0.05, 0) is 19.1 Å². The van der Waals surface area contributed by atoms with Gasteiger partial charge in [-0.15, -0.1) is 0 Å². The Labute approximate surface area is 122 Å². The maximum atomic E-state index is 12.2. The van der Waals surface area contributed by atoms with Gasteiger partial charge in [0.15, 0.2) is 0 Å². The predicted molar refractivity (Wildman–Crippen MR) is 76.9 cm³/mol. The maximum Gasteiger partial charge on any atom is 0.241 e. The van der Waals surface area contributed by atoms with Crippen LogP contribution in [-0.2, 0) is 9.53 Å². The summed E-state index contributed by atoms with van der Waals surface area (Å²) >= 11 is 12.1. The molecule has 0 aromatic heterocycles. The second kappa shape index (κ2) is 6.57. The normalized spacial score (nSPS) is 18.1. The number of amides is 1. The molecule has 1 saturated heterocycles. The van der Waals surface area contributed by atoms with Gasteiger partial charge in [0, 0.05) is 13.1 Å². The lowest BCUT2D eigenvalue weighted by molar-refractivity contribution is -0.122. The number of morpholine rings is 1. The fourth-order valence-corrected chi connectivity index (χ4v) is 2.47. The molecule has 2 rings (SSSR count). The van der Waals surface area contributed by atoms with Crippen LogP contribution in [-0.4, -0.2) is 43.2 Å². The summed E-state index contributed by atoms with van der Waals surface area (Å²) in [5, 5.41) is 3.67. The number of hydrogen-bond donors (Lipinski definition) is 1. The summed E-state index contributed by atoms with van der Waals surface area (Å²) in [4.78, 5) is 14.3. The van der Waals surface area contributed by atoms with Crippen LogP contribution in [0.1, 0.15) is 6.92 Å². The molecule has 1 heterocycles. The first kappa shape index (κ1) is 14.6. The number of carbonyl (C=O) groups excluding carboxylic acids is 1. The Kier molecular flexibility index (Phi) is 5.05. The molecular formula is C13H16Cl2N2O2. The lowest BCUT2D eigenvalue weighted by Gasteiger charge is -2.31. The topological polar surface area (TPSA) is 41.6 Å².